The van der Waals surface area contributed by atoms with Crippen LogP contribution >= 0.6 is 0 Å². The third-order valence-corrected chi connectivity index (χ3v) is 6.19. The molecule has 2 heterocycles. The summed E-state index contributed by atoms with van der Waals surface area (Å²) in [5.74, 6) is 0.936. The van der Waals surface area contributed by atoms with Crippen LogP contribution in [-0.2, 0) is 9.59 Å². The summed E-state index contributed by atoms with van der Waals surface area (Å²) in [5, 5.41) is 12.2. The Hall–Kier alpha value is -3.26. The topological polar surface area (TPSA) is 85.4 Å². The molecule has 32 heavy (non-hydrogen) atoms. The summed E-state index contributed by atoms with van der Waals surface area (Å²) in [6.45, 7) is 4.63. The Kier molecular flexibility index (Phi) is 6.80. The Labute approximate surface area is 188 Å². The second-order valence-electron chi connectivity index (χ2n) is 8.33. The van der Waals surface area contributed by atoms with E-state index in [1.807, 2.05) is 23.1 Å². The Bertz CT molecular complexity index is 941. The van der Waals surface area contributed by atoms with E-state index in [4.69, 9.17) is 4.74 Å². The van der Waals surface area contributed by atoms with Crippen molar-refractivity contribution >= 4 is 23.2 Å². The van der Waals surface area contributed by atoms with Crippen molar-refractivity contribution in [1.29, 1.82) is 0 Å². The van der Waals surface area contributed by atoms with Crippen molar-refractivity contribution in [3.05, 3.63) is 48.5 Å². The van der Waals surface area contributed by atoms with Gasteiger partial charge in [0.2, 0.25) is 11.8 Å². The third kappa shape index (κ3) is 5.31. The molecule has 2 aromatic carbocycles. The summed E-state index contributed by atoms with van der Waals surface area (Å²) in [6.07, 6.45) is 0.737. The fraction of sp³-hybridized carbons (Fsp3) is 0.417. The molecule has 4 rings (SSSR count). The fourth-order valence-corrected chi connectivity index (χ4v) is 4.29. The smallest absolute Gasteiger partial charge is 0.236 e. The van der Waals surface area contributed by atoms with Crippen LogP contribution in [-0.4, -0.2) is 79.6 Å². The van der Waals surface area contributed by atoms with Crippen molar-refractivity contribution in [2.75, 3.05) is 63.1 Å². The molecule has 0 saturated carbocycles. The number of phenolic OH excluding ortho intramolecular Hbond substituents is 1. The Morgan fingerprint density at radius 1 is 1.06 bits per heavy atom. The second kappa shape index (κ2) is 9.91. The highest BCUT2D eigenvalue weighted by Gasteiger charge is 2.31. The van der Waals surface area contributed by atoms with Gasteiger partial charge in [-0.25, -0.2) is 0 Å². The monoisotopic (exact) mass is 438 g/mol. The first kappa shape index (κ1) is 22.0. The summed E-state index contributed by atoms with van der Waals surface area (Å²) in [5.41, 5.74) is 1.77. The number of likely N-dealkylation sites (tertiary alicyclic amines) is 1. The first-order chi connectivity index (χ1) is 15.5. The molecule has 2 fully saturated rings. The van der Waals surface area contributed by atoms with Crippen LogP contribution in [0.25, 0.3) is 0 Å². The number of phenols is 1. The lowest BCUT2D eigenvalue weighted by Crippen LogP contribution is -2.51. The van der Waals surface area contributed by atoms with E-state index in [0.29, 0.717) is 31.9 Å². The van der Waals surface area contributed by atoms with Crippen LogP contribution in [0.5, 0.6) is 11.5 Å². The number of amides is 2. The molecule has 2 aromatic rings. The van der Waals surface area contributed by atoms with Crippen LogP contribution in [0.2, 0.25) is 0 Å². The van der Waals surface area contributed by atoms with E-state index in [9.17, 15) is 14.7 Å². The maximum Gasteiger partial charge on any atom is 0.236 e. The molecule has 8 heteroatoms. The maximum absolute atomic E-state index is 12.8. The number of piperazine rings is 1. The minimum absolute atomic E-state index is 0.0439. The fourth-order valence-electron chi connectivity index (χ4n) is 4.29. The van der Waals surface area contributed by atoms with Crippen LogP contribution in [0, 0.1) is 5.92 Å². The van der Waals surface area contributed by atoms with E-state index in [-0.39, 0.29) is 23.5 Å². The van der Waals surface area contributed by atoms with Gasteiger partial charge in [-0.15, -0.1) is 0 Å². The van der Waals surface area contributed by atoms with Gasteiger partial charge in [-0.05, 0) is 49.4 Å². The number of methoxy groups -OCH3 is 1. The average molecular weight is 439 g/mol. The molecule has 2 saturated heterocycles. The van der Waals surface area contributed by atoms with Crippen LogP contribution < -0.4 is 15.0 Å². The number of nitrogens with one attached hydrogen (secondary N) is 1. The summed E-state index contributed by atoms with van der Waals surface area (Å²) < 4.78 is 5.31. The largest absolute Gasteiger partial charge is 0.508 e. The molecule has 2 aliphatic heterocycles. The summed E-state index contributed by atoms with van der Waals surface area (Å²) in [4.78, 5) is 31.6. The predicted octanol–water partition coefficient (Wildman–Crippen LogP) is 2.01. The van der Waals surface area contributed by atoms with E-state index in [1.165, 1.54) is 0 Å². The molecule has 1 unspecified atom stereocenters. The van der Waals surface area contributed by atoms with Gasteiger partial charge in [0.1, 0.15) is 11.5 Å². The lowest BCUT2D eigenvalue weighted by atomic mass is 10.1. The SMILES string of the molecule is COc1cccc(N2CCN(C(=O)CN3CCC(C(=O)Nc4ccc(O)cc4)C3)CC2)c1. The van der Waals surface area contributed by atoms with Gasteiger partial charge in [0, 0.05) is 50.2 Å². The Morgan fingerprint density at radius 2 is 1.81 bits per heavy atom. The van der Waals surface area contributed by atoms with Crippen molar-refractivity contribution in [1.82, 2.24) is 9.80 Å². The zero-order valence-corrected chi connectivity index (χ0v) is 18.4. The number of rotatable bonds is 6. The van der Waals surface area contributed by atoms with Gasteiger partial charge in [-0.3, -0.25) is 14.5 Å². The Balaban J connectivity index is 1.22. The molecular formula is C24H30N4O4. The van der Waals surface area contributed by atoms with Crippen LogP contribution in [0.1, 0.15) is 6.42 Å². The summed E-state index contributed by atoms with van der Waals surface area (Å²) >= 11 is 0. The molecule has 8 nitrogen and oxygen atoms in total. The van der Waals surface area contributed by atoms with Crippen molar-refractivity contribution in [3.8, 4) is 11.5 Å². The van der Waals surface area contributed by atoms with Gasteiger partial charge in [-0.1, -0.05) is 6.07 Å². The number of benzene rings is 2. The molecule has 0 aliphatic carbocycles. The number of ether oxygens (including phenoxy) is 1. The molecule has 2 amide bonds. The van der Waals surface area contributed by atoms with Crippen LogP contribution in [0.15, 0.2) is 48.5 Å². The molecule has 2 aliphatic rings. The number of nitrogens with zero attached hydrogens (tertiary/aromatic N) is 3. The molecule has 0 aromatic heterocycles. The van der Waals surface area contributed by atoms with Gasteiger partial charge in [0.25, 0.3) is 0 Å². The number of anilines is 2. The van der Waals surface area contributed by atoms with Crippen molar-refractivity contribution < 1.29 is 19.4 Å². The van der Waals surface area contributed by atoms with Gasteiger partial charge in [0.15, 0.2) is 0 Å². The lowest BCUT2D eigenvalue weighted by Gasteiger charge is -2.36. The zero-order chi connectivity index (χ0) is 22.5. The number of hydrogen-bond donors (Lipinski definition) is 2. The molecule has 1 atom stereocenters. The van der Waals surface area contributed by atoms with Crippen LogP contribution in [0.4, 0.5) is 11.4 Å². The van der Waals surface area contributed by atoms with E-state index in [1.54, 1.807) is 31.4 Å². The zero-order valence-electron chi connectivity index (χ0n) is 18.4. The normalized spacial score (nSPS) is 19.1. The van der Waals surface area contributed by atoms with Gasteiger partial charge in [0.05, 0.1) is 19.6 Å². The van der Waals surface area contributed by atoms with Crippen molar-refractivity contribution in [2.45, 2.75) is 6.42 Å². The van der Waals surface area contributed by atoms with Crippen molar-refractivity contribution in [2.24, 2.45) is 5.92 Å². The first-order valence-corrected chi connectivity index (χ1v) is 11.0. The van der Waals surface area contributed by atoms with E-state index in [0.717, 1.165) is 37.5 Å². The maximum atomic E-state index is 12.8. The lowest BCUT2D eigenvalue weighted by molar-refractivity contribution is -0.132. The van der Waals surface area contributed by atoms with Gasteiger partial charge < -0.3 is 25.0 Å². The molecule has 0 bridgehead atoms. The highest BCUT2D eigenvalue weighted by atomic mass is 16.5. The first-order valence-electron chi connectivity index (χ1n) is 11.0. The molecular weight excluding hydrogens is 408 g/mol. The number of carbonyl (C=O) groups is 2. The minimum Gasteiger partial charge on any atom is -0.508 e. The Morgan fingerprint density at radius 3 is 2.53 bits per heavy atom. The molecule has 2 N–H and O–H groups in total. The van der Waals surface area contributed by atoms with Crippen molar-refractivity contribution in [3.63, 3.8) is 0 Å². The van der Waals surface area contributed by atoms with Crippen LogP contribution in [0.3, 0.4) is 0 Å². The van der Waals surface area contributed by atoms with Gasteiger partial charge in [-0.2, -0.15) is 0 Å². The summed E-state index contributed by atoms with van der Waals surface area (Å²) in [6, 6.07) is 14.4. The number of aromatic hydroxyl groups is 1. The highest BCUT2D eigenvalue weighted by molar-refractivity contribution is 5.93. The minimum atomic E-state index is -0.137. The quantitative estimate of drug-likeness (QED) is 0.672. The highest BCUT2D eigenvalue weighted by Crippen LogP contribution is 2.23. The average Bonchev–Trinajstić information content (AvgIpc) is 3.29. The molecule has 0 spiro atoms. The predicted molar refractivity (Wildman–Crippen MR) is 123 cm³/mol. The van der Waals surface area contributed by atoms with E-state index >= 15 is 0 Å². The van der Waals surface area contributed by atoms with Gasteiger partial charge >= 0.3 is 0 Å². The molecule has 170 valence electrons. The third-order valence-electron chi connectivity index (χ3n) is 6.19. The number of carbonyl (C=O) groups excluding carboxylic acids is 2. The second-order valence-corrected chi connectivity index (χ2v) is 8.33. The van der Waals surface area contributed by atoms with E-state index in [2.05, 4.69) is 21.2 Å². The number of hydrogen-bond acceptors (Lipinski definition) is 6. The summed E-state index contributed by atoms with van der Waals surface area (Å²) in [7, 11) is 1.66. The van der Waals surface area contributed by atoms with E-state index < -0.39 is 0 Å². The molecule has 0 radical (unpaired) electrons. The standard InChI is InChI=1S/C24H30N4O4/c1-32-22-4-2-3-20(15-22)27-11-13-28(14-12-27)23(30)17-26-10-9-18(16-26)24(31)25-19-5-7-21(29)8-6-19/h2-8,15,18,29H,9-14,16-17H2,1H3,(H,25,31).